The quantitative estimate of drug-likeness (QED) is 0.386. The van der Waals surface area contributed by atoms with Crippen molar-refractivity contribution in [1.82, 2.24) is 9.55 Å². The van der Waals surface area contributed by atoms with Gasteiger partial charge < -0.3 is 14.9 Å². The maximum atomic E-state index is 12.2. The molecule has 0 spiro atoms. The predicted octanol–water partition coefficient (Wildman–Crippen LogP) is 1.68. The number of carbonyl (C=O) groups excluding carboxylic acids is 1. The summed E-state index contributed by atoms with van der Waals surface area (Å²) in [5, 5.41) is 20.1. The minimum Gasteiger partial charge on any atom is -0.493 e. The molecule has 2 rings (SSSR count). The van der Waals surface area contributed by atoms with Crippen molar-refractivity contribution in [3.05, 3.63) is 28.3 Å². The number of aromatic nitrogens is 2. The molecule has 1 aromatic rings. The third-order valence-electron chi connectivity index (χ3n) is 5.35. The van der Waals surface area contributed by atoms with E-state index in [1.54, 1.807) is 34.6 Å². The minimum atomic E-state index is -1.31. The third-order valence-corrected chi connectivity index (χ3v) is 5.35. The first-order valence-corrected chi connectivity index (χ1v) is 8.86. The normalized spacial score (nSPS) is 23.4. The van der Waals surface area contributed by atoms with E-state index in [-0.39, 0.29) is 18.7 Å². The molecule has 2 unspecified atom stereocenters. The molecule has 8 heteroatoms. The predicted molar refractivity (Wildman–Crippen MR) is 102 cm³/mol. The Bertz CT molecular complexity index is 922. The van der Waals surface area contributed by atoms with E-state index in [1.807, 2.05) is 0 Å². The van der Waals surface area contributed by atoms with E-state index >= 15 is 0 Å². The maximum absolute atomic E-state index is 12.2. The molecule has 0 amide bonds. The Hall–Kier alpha value is -2.95. The lowest BCUT2D eigenvalue weighted by Crippen LogP contribution is -2.27. The van der Waals surface area contributed by atoms with Gasteiger partial charge in [0.05, 0.1) is 17.7 Å². The van der Waals surface area contributed by atoms with E-state index in [2.05, 4.69) is 10.9 Å². The molecule has 8 nitrogen and oxygen atoms in total. The van der Waals surface area contributed by atoms with Crippen molar-refractivity contribution in [3.8, 4) is 18.2 Å². The standard InChI is InChI=1S/C20H26N2O6/c1-7-10-22-12(15(24)21-17(22)27)11-20(16(25)26)13(19(20,5)6)8-9-14(23)28-18(2,3)4/h1,8-9,13,24H,10-11H2,2-6H3,(H,21,27)(H,25,26). The third kappa shape index (κ3) is 3.57. The molecule has 1 aromatic heterocycles. The van der Waals surface area contributed by atoms with Crippen molar-refractivity contribution >= 4 is 11.9 Å². The van der Waals surface area contributed by atoms with Gasteiger partial charge in [0.2, 0.25) is 5.88 Å². The van der Waals surface area contributed by atoms with E-state index in [0.29, 0.717) is 0 Å². The van der Waals surface area contributed by atoms with E-state index in [1.165, 1.54) is 12.2 Å². The van der Waals surface area contributed by atoms with E-state index in [0.717, 1.165) is 4.57 Å². The maximum Gasteiger partial charge on any atom is 0.330 e. The highest BCUT2D eigenvalue weighted by Crippen LogP contribution is 2.71. The summed E-state index contributed by atoms with van der Waals surface area (Å²) in [7, 11) is 0. The number of nitrogens with zero attached hydrogens (tertiary/aromatic N) is 1. The molecular weight excluding hydrogens is 364 g/mol. The van der Waals surface area contributed by atoms with E-state index < -0.39 is 45.9 Å². The lowest BCUT2D eigenvalue weighted by atomic mass is 9.90. The molecule has 152 valence electrons. The number of hydrogen-bond donors (Lipinski definition) is 3. The Balaban J connectivity index is 2.38. The number of allylic oxidation sites excluding steroid dienone is 1. The first-order valence-electron chi connectivity index (χ1n) is 8.86. The Morgan fingerprint density at radius 3 is 2.50 bits per heavy atom. The van der Waals surface area contributed by atoms with Gasteiger partial charge in [-0.2, -0.15) is 0 Å². The second-order valence-corrected chi connectivity index (χ2v) is 8.56. The molecule has 0 aliphatic heterocycles. The van der Waals surface area contributed by atoms with Gasteiger partial charge in [0.15, 0.2) is 0 Å². The molecule has 0 bridgehead atoms. The lowest BCUT2D eigenvalue weighted by molar-refractivity contribution is -0.149. The molecule has 1 saturated carbocycles. The highest BCUT2D eigenvalue weighted by molar-refractivity contribution is 5.85. The van der Waals surface area contributed by atoms with Gasteiger partial charge in [-0.15, -0.1) is 6.42 Å². The average molecular weight is 390 g/mol. The molecule has 28 heavy (non-hydrogen) atoms. The zero-order valence-corrected chi connectivity index (χ0v) is 16.7. The van der Waals surface area contributed by atoms with Crippen LogP contribution in [0.2, 0.25) is 0 Å². The van der Waals surface area contributed by atoms with Crippen LogP contribution in [-0.2, 0) is 27.3 Å². The van der Waals surface area contributed by atoms with Crippen LogP contribution in [0.5, 0.6) is 5.88 Å². The van der Waals surface area contributed by atoms with Gasteiger partial charge in [0, 0.05) is 18.4 Å². The number of aliphatic carboxylic acids is 1. The zero-order chi connectivity index (χ0) is 21.5. The summed E-state index contributed by atoms with van der Waals surface area (Å²) in [6.45, 7) is 8.64. The summed E-state index contributed by atoms with van der Waals surface area (Å²) >= 11 is 0. The number of carboxylic acid groups (broad SMARTS) is 1. The van der Waals surface area contributed by atoms with Crippen LogP contribution in [0.3, 0.4) is 0 Å². The highest BCUT2D eigenvalue weighted by Gasteiger charge is 2.74. The molecule has 1 aliphatic carbocycles. The largest absolute Gasteiger partial charge is 0.493 e. The van der Waals surface area contributed by atoms with Gasteiger partial charge in [-0.1, -0.05) is 25.8 Å². The first-order chi connectivity index (χ1) is 12.8. The van der Waals surface area contributed by atoms with Crippen LogP contribution in [0.4, 0.5) is 0 Å². The molecule has 0 aromatic carbocycles. The fourth-order valence-corrected chi connectivity index (χ4v) is 3.83. The number of H-pyrrole nitrogens is 1. The SMILES string of the molecule is C#CCn1c(CC2(C(=O)O)C(C=CC(=O)OC(C)(C)C)C2(C)C)c(O)[nH]c1=O. The number of aromatic hydroxyl groups is 1. The van der Waals surface area contributed by atoms with Crippen LogP contribution in [0.15, 0.2) is 16.9 Å². The van der Waals surface area contributed by atoms with Crippen LogP contribution in [0.1, 0.15) is 40.3 Å². The van der Waals surface area contributed by atoms with Crippen LogP contribution in [0, 0.1) is 29.1 Å². The minimum absolute atomic E-state index is 0.0975. The van der Waals surface area contributed by atoms with Crippen molar-refractivity contribution in [1.29, 1.82) is 0 Å². The molecule has 1 fully saturated rings. The van der Waals surface area contributed by atoms with Crippen molar-refractivity contribution in [2.24, 2.45) is 16.7 Å². The van der Waals surface area contributed by atoms with Gasteiger partial charge in [-0.25, -0.2) is 9.59 Å². The number of carbonyl (C=O) groups is 2. The number of aromatic amines is 1. The number of carboxylic acids is 1. The molecule has 1 aliphatic rings. The lowest BCUT2D eigenvalue weighted by Gasteiger charge is -2.18. The smallest absolute Gasteiger partial charge is 0.330 e. The Morgan fingerprint density at radius 2 is 2.00 bits per heavy atom. The number of nitrogens with one attached hydrogen (secondary N) is 1. The van der Waals surface area contributed by atoms with Crippen molar-refractivity contribution in [3.63, 3.8) is 0 Å². The summed E-state index contributed by atoms with van der Waals surface area (Å²) < 4.78 is 6.36. The number of imidazole rings is 1. The highest BCUT2D eigenvalue weighted by atomic mass is 16.6. The molecule has 3 N–H and O–H groups in total. The van der Waals surface area contributed by atoms with Gasteiger partial charge in [-0.05, 0) is 26.2 Å². The van der Waals surface area contributed by atoms with Crippen molar-refractivity contribution in [2.75, 3.05) is 0 Å². The molecule has 2 atom stereocenters. The van der Waals surface area contributed by atoms with Crippen molar-refractivity contribution in [2.45, 2.75) is 53.2 Å². The topological polar surface area (TPSA) is 122 Å². The summed E-state index contributed by atoms with van der Waals surface area (Å²) in [4.78, 5) is 38.4. The monoisotopic (exact) mass is 390 g/mol. The Kier molecular flexibility index (Phi) is 5.26. The van der Waals surface area contributed by atoms with Gasteiger partial charge >= 0.3 is 17.6 Å². The van der Waals surface area contributed by atoms with Gasteiger partial charge in [-0.3, -0.25) is 14.3 Å². The number of ether oxygens (including phenoxy) is 1. The van der Waals surface area contributed by atoms with Gasteiger partial charge in [0.25, 0.3) is 0 Å². The van der Waals surface area contributed by atoms with Crippen molar-refractivity contribution < 1.29 is 24.5 Å². The number of rotatable bonds is 6. The Labute approximate surface area is 163 Å². The zero-order valence-electron chi connectivity index (χ0n) is 16.7. The van der Waals surface area contributed by atoms with Crippen LogP contribution in [0.25, 0.3) is 0 Å². The second-order valence-electron chi connectivity index (χ2n) is 8.56. The molecule has 0 radical (unpaired) electrons. The number of terminal acetylenes is 1. The Morgan fingerprint density at radius 1 is 1.39 bits per heavy atom. The average Bonchev–Trinajstić information content (AvgIpc) is 2.88. The van der Waals surface area contributed by atoms with Crippen LogP contribution in [-0.4, -0.2) is 37.3 Å². The van der Waals surface area contributed by atoms with Crippen LogP contribution >= 0.6 is 0 Å². The fourth-order valence-electron chi connectivity index (χ4n) is 3.83. The molecule has 1 heterocycles. The van der Waals surface area contributed by atoms with E-state index in [4.69, 9.17) is 11.2 Å². The number of hydrogen-bond acceptors (Lipinski definition) is 5. The first kappa shape index (κ1) is 21.4. The summed E-state index contributed by atoms with van der Waals surface area (Å²) in [5.41, 5.74) is -3.17. The van der Waals surface area contributed by atoms with E-state index in [9.17, 15) is 24.6 Å². The molecule has 0 saturated heterocycles. The number of esters is 1. The summed E-state index contributed by atoms with van der Waals surface area (Å²) in [5.74, 6) is -0.246. The van der Waals surface area contributed by atoms with Crippen LogP contribution < -0.4 is 5.69 Å². The second kappa shape index (κ2) is 6.89. The molecular formula is C20H26N2O6. The summed E-state index contributed by atoms with van der Waals surface area (Å²) in [6.07, 6.45) is 7.91. The van der Waals surface area contributed by atoms with Gasteiger partial charge in [0.1, 0.15) is 5.60 Å². The summed E-state index contributed by atoms with van der Waals surface area (Å²) in [6, 6.07) is 0. The fraction of sp³-hybridized carbons (Fsp3) is 0.550.